The molecule has 1 N–H and O–H groups in total. The van der Waals surface area contributed by atoms with Crippen LogP contribution in [0.1, 0.15) is 23.7 Å². The maximum absolute atomic E-state index is 13.2. The SMILES string of the molecule is CC(C(=O)O)N1CCCN(C(=O)c2cccc(F)c2)CC1. The molecule has 0 aliphatic carbocycles. The Kier molecular flexibility index (Phi) is 4.90. The van der Waals surface area contributed by atoms with Crippen molar-refractivity contribution < 1.29 is 19.1 Å². The first kappa shape index (κ1) is 15.4. The number of carbonyl (C=O) groups excluding carboxylic acids is 1. The first-order chi connectivity index (χ1) is 9.99. The van der Waals surface area contributed by atoms with E-state index in [0.29, 0.717) is 38.2 Å². The van der Waals surface area contributed by atoms with Gasteiger partial charge in [-0.05, 0) is 31.5 Å². The molecule has 21 heavy (non-hydrogen) atoms. The van der Waals surface area contributed by atoms with Crippen molar-refractivity contribution in [3.8, 4) is 0 Å². The Bertz CT molecular complexity index is 535. The van der Waals surface area contributed by atoms with Crippen LogP contribution in [0.15, 0.2) is 24.3 Å². The molecule has 1 amide bonds. The summed E-state index contributed by atoms with van der Waals surface area (Å²) in [5, 5.41) is 9.05. The molecule has 0 aromatic heterocycles. The maximum atomic E-state index is 13.2. The minimum Gasteiger partial charge on any atom is -0.480 e. The van der Waals surface area contributed by atoms with Crippen LogP contribution in [0.4, 0.5) is 4.39 Å². The molecule has 0 spiro atoms. The molecule has 1 unspecified atom stereocenters. The summed E-state index contributed by atoms with van der Waals surface area (Å²) >= 11 is 0. The molecule has 1 fully saturated rings. The minimum absolute atomic E-state index is 0.209. The van der Waals surface area contributed by atoms with Gasteiger partial charge in [-0.1, -0.05) is 6.07 Å². The van der Waals surface area contributed by atoms with E-state index in [1.54, 1.807) is 17.9 Å². The van der Waals surface area contributed by atoms with Gasteiger partial charge in [-0.15, -0.1) is 0 Å². The topological polar surface area (TPSA) is 60.9 Å². The number of carboxylic acids is 1. The van der Waals surface area contributed by atoms with E-state index in [0.717, 1.165) is 0 Å². The Morgan fingerprint density at radius 2 is 2.00 bits per heavy atom. The monoisotopic (exact) mass is 294 g/mol. The van der Waals surface area contributed by atoms with E-state index in [-0.39, 0.29) is 5.91 Å². The molecule has 6 heteroatoms. The number of benzene rings is 1. The smallest absolute Gasteiger partial charge is 0.320 e. The third kappa shape index (κ3) is 3.78. The predicted octanol–water partition coefficient (Wildman–Crippen LogP) is 1.45. The number of carboxylic acid groups (broad SMARTS) is 1. The fraction of sp³-hybridized carbons (Fsp3) is 0.467. The lowest BCUT2D eigenvalue weighted by Gasteiger charge is -2.24. The standard InChI is InChI=1S/C15H19FN2O3/c1-11(15(20)21)17-6-3-7-18(9-8-17)14(19)12-4-2-5-13(16)10-12/h2,4-5,10-11H,3,6-9H2,1H3,(H,20,21). The van der Waals surface area contributed by atoms with E-state index in [2.05, 4.69) is 0 Å². The van der Waals surface area contributed by atoms with Crippen molar-refractivity contribution in [3.63, 3.8) is 0 Å². The molecule has 0 saturated carbocycles. The second-order valence-corrected chi connectivity index (χ2v) is 5.21. The van der Waals surface area contributed by atoms with Gasteiger partial charge in [-0.25, -0.2) is 4.39 Å². The Hall–Kier alpha value is -1.95. The highest BCUT2D eigenvalue weighted by molar-refractivity contribution is 5.94. The van der Waals surface area contributed by atoms with Crippen LogP contribution < -0.4 is 0 Å². The molecular weight excluding hydrogens is 275 g/mol. The number of carbonyl (C=O) groups is 2. The van der Waals surface area contributed by atoms with E-state index in [1.165, 1.54) is 18.2 Å². The highest BCUT2D eigenvalue weighted by Gasteiger charge is 2.25. The van der Waals surface area contributed by atoms with Gasteiger partial charge in [0.25, 0.3) is 5.91 Å². The average Bonchev–Trinajstić information content (AvgIpc) is 2.71. The largest absolute Gasteiger partial charge is 0.480 e. The van der Waals surface area contributed by atoms with E-state index in [1.807, 2.05) is 4.90 Å². The van der Waals surface area contributed by atoms with Gasteiger partial charge in [-0.2, -0.15) is 0 Å². The van der Waals surface area contributed by atoms with Crippen LogP contribution >= 0.6 is 0 Å². The molecule has 1 heterocycles. The summed E-state index contributed by atoms with van der Waals surface area (Å²) in [6.07, 6.45) is 0.707. The van der Waals surface area contributed by atoms with Gasteiger partial charge < -0.3 is 10.0 Å². The van der Waals surface area contributed by atoms with Crippen LogP contribution in [0.5, 0.6) is 0 Å². The normalized spacial score (nSPS) is 18.1. The first-order valence-electron chi connectivity index (χ1n) is 7.00. The van der Waals surface area contributed by atoms with Crippen LogP contribution in [-0.2, 0) is 4.79 Å². The number of aliphatic carboxylic acids is 1. The lowest BCUT2D eigenvalue weighted by atomic mass is 10.2. The van der Waals surface area contributed by atoms with Crippen molar-refractivity contribution in [1.82, 2.24) is 9.80 Å². The number of rotatable bonds is 3. The van der Waals surface area contributed by atoms with Crippen molar-refractivity contribution >= 4 is 11.9 Å². The van der Waals surface area contributed by atoms with Crippen LogP contribution in [0.2, 0.25) is 0 Å². The molecule has 1 atom stereocenters. The van der Waals surface area contributed by atoms with E-state index >= 15 is 0 Å². The Labute approximate surface area is 123 Å². The zero-order valence-corrected chi connectivity index (χ0v) is 12.0. The van der Waals surface area contributed by atoms with Crippen LogP contribution in [0.25, 0.3) is 0 Å². The van der Waals surface area contributed by atoms with Gasteiger partial charge in [0.05, 0.1) is 0 Å². The van der Waals surface area contributed by atoms with Crippen LogP contribution in [0.3, 0.4) is 0 Å². The molecule has 1 aromatic rings. The summed E-state index contributed by atoms with van der Waals surface area (Å²) in [5.41, 5.74) is 0.328. The number of halogens is 1. The van der Waals surface area contributed by atoms with Crippen molar-refractivity contribution in [2.75, 3.05) is 26.2 Å². The molecule has 0 radical (unpaired) electrons. The number of hydrogen-bond acceptors (Lipinski definition) is 3. The number of hydrogen-bond donors (Lipinski definition) is 1. The predicted molar refractivity (Wildman–Crippen MR) is 75.6 cm³/mol. The average molecular weight is 294 g/mol. The Morgan fingerprint density at radius 1 is 1.24 bits per heavy atom. The summed E-state index contributed by atoms with van der Waals surface area (Å²) in [6.45, 7) is 3.80. The zero-order chi connectivity index (χ0) is 15.4. The molecule has 0 bridgehead atoms. The number of amides is 1. The molecule has 2 rings (SSSR count). The summed E-state index contributed by atoms with van der Waals surface area (Å²) in [4.78, 5) is 26.9. The van der Waals surface area contributed by atoms with Crippen LogP contribution in [0, 0.1) is 5.82 Å². The molecule has 1 aromatic carbocycles. The van der Waals surface area contributed by atoms with E-state index in [9.17, 15) is 14.0 Å². The minimum atomic E-state index is -0.861. The second kappa shape index (κ2) is 6.67. The van der Waals surface area contributed by atoms with Crippen molar-refractivity contribution in [3.05, 3.63) is 35.6 Å². The van der Waals surface area contributed by atoms with Crippen molar-refractivity contribution in [1.29, 1.82) is 0 Å². The Morgan fingerprint density at radius 3 is 2.67 bits per heavy atom. The molecular formula is C15H19FN2O3. The lowest BCUT2D eigenvalue weighted by molar-refractivity contribution is -0.142. The fourth-order valence-corrected chi connectivity index (χ4v) is 2.49. The van der Waals surface area contributed by atoms with E-state index < -0.39 is 17.8 Å². The summed E-state index contributed by atoms with van der Waals surface area (Å²) in [7, 11) is 0. The third-order valence-corrected chi connectivity index (χ3v) is 3.79. The fourth-order valence-electron chi connectivity index (χ4n) is 2.49. The summed E-state index contributed by atoms with van der Waals surface area (Å²) in [5.74, 6) is -1.50. The molecule has 114 valence electrons. The van der Waals surface area contributed by atoms with Crippen molar-refractivity contribution in [2.24, 2.45) is 0 Å². The first-order valence-corrected chi connectivity index (χ1v) is 7.00. The lowest BCUT2D eigenvalue weighted by Crippen LogP contribution is -2.42. The number of nitrogens with zero attached hydrogens (tertiary/aromatic N) is 2. The quantitative estimate of drug-likeness (QED) is 0.916. The summed E-state index contributed by atoms with van der Waals surface area (Å²) in [6, 6.07) is 5.07. The Balaban J connectivity index is 2.03. The third-order valence-electron chi connectivity index (χ3n) is 3.79. The van der Waals surface area contributed by atoms with Crippen LogP contribution in [-0.4, -0.2) is 59.0 Å². The second-order valence-electron chi connectivity index (χ2n) is 5.21. The molecule has 1 aliphatic rings. The van der Waals surface area contributed by atoms with Gasteiger partial charge in [-0.3, -0.25) is 14.5 Å². The zero-order valence-electron chi connectivity index (χ0n) is 12.0. The molecule has 1 aliphatic heterocycles. The summed E-state index contributed by atoms with van der Waals surface area (Å²) < 4.78 is 13.2. The molecule has 5 nitrogen and oxygen atoms in total. The van der Waals surface area contributed by atoms with Gasteiger partial charge in [0.2, 0.25) is 0 Å². The van der Waals surface area contributed by atoms with Gasteiger partial charge in [0.1, 0.15) is 11.9 Å². The van der Waals surface area contributed by atoms with Gasteiger partial charge in [0, 0.05) is 31.7 Å². The maximum Gasteiger partial charge on any atom is 0.320 e. The van der Waals surface area contributed by atoms with Crippen molar-refractivity contribution in [2.45, 2.75) is 19.4 Å². The van der Waals surface area contributed by atoms with Gasteiger partial charge in [0.15, 0.2) is 0 Å². The molecule has 1 saturated heterocycles. The highest BCUT2D eigenvalue weighted by Crippen LogP contribution is 2.12. The highest BCUT2D eigenvalue weighted by atomic mass is 19.1. The van der Waals surface area contributed by atoms with Gasteiger partial charge >= 0.3 is 5.97 Å². The van der Waals surface area contributed by atoms with E-state index in [4.69, 9.17) is 5.11 Å².